The number of aromatic nitrogens is 2. The van der Waals surface area contributed by atoms with Crippen LogP contribution in [0.2, 0.25) is 0 Å². The summed E-state index contributed by atoms with van der Waals surface area (Å²) in [5, 5.41) is 9.31. The molecular formula is C17H26N4O3. The Labute approximate surface area is 141 Å². The summed E-state index contributed by atoms with van der Waals surface area (Å²) in [7, 11) is 1.61. The number of hydrogen-bond donors (Lipinski definition) is 3. The number of carboxylic acid groups (broad SMARTS) is 1. The van der Waals surface area contributed by atoms with Crippen molar-refractivity contribution >= 4 is 17.1 Å². The number of H-pyrrole nitrogens is 1. The van der Waals surface area contributed by atoms with E-state index < -0.39 is 11.6 Å². The number of amides is 1. The van der Waals surface area contributed by atoms with Crippen LogP contribution in [0.25, 0.3) is 11.0 Å². The van der Waals surface area contributed by atoms with Crippen LogP contribution in [0, 0.1) is 0 Å². The molecule has 0 aliphatic heterocycles. The van der Waals surface area contributed by atoms with Crippen molar-refractivity contribution in [1.82, 2.24) is 14.9 Å². The summed E-state index contributed by atoms with van der Waals surface area (Å²) in [4.78, 5) is 20.5. The molecule has 1 unspecified atom stereocenters. The standard InChI is InChI=1S/C17H26N4O3/c1-17(2,3)21(16(22)23)10-6-7-11(18)15-19-12-8-5-9-13(24-4)14(12)20-15/h5,8-9,11H,6-7,10,18H2,1-4H3,(H,19,20)(H,22,23). The average molecular weight is 334 g/mol. The van der Waals surface area contributed by atoms with Gasteiger partial charge in [-0.25, -0.2) is 9.78 Å². The van der Waals surface area contributed by atoms with Crippen LogP contribution in [-0.4, -0.2) is 45.3 Å². The van der Waals surface area contributed by atoms with Crippen molar-refractivity contribution in [3.8, 4) is 5.75 Å². The van der Waals surface area contributed by atoms with Gasteiger partial charge in [0.2, 0.25) is 0 Å². The van der Waals surface area contributed by atoms with E-state index in [2.05, 4.69) is 9.97 Å². The number of hydrogen-bond acceptors (Lipinski definition) is 4. The second kappa shape index (κ2) is 7.09. The molecule has 0 bridgehead atoms. The number of ether oxygens (including phenoxy) is 1. The van der Waals surface area contributed by atoms with Gasteiger partial charge in [-0.05, 0) is 45.7 Å². The summed E-state index contributed by atoms with van der Waals surface area (Å²) in [5.41, 5.74) is 7.43. The van der Waals surface area contributed by atoms with E-state index in [1.165, 1.54) is 4.90 Å². The molecular weight excluding hydrogens is 308 g/mol. The number of imidazole rings is 1. The zero-order chi connectivity index (χ0) is 17.9. The van der Waals surface area contributed by atoms with Crippen LogP contribution in [0.3, 0.4) is 0 Å². The minimum Gasteiger partial charge on any atom is -0.494 e. The van der Waals surface area contributed by atoms with Crippen molar-refractivity contribution in [1.29, 1.82) is 0 Å². The summed E-state index contributed by atoms with van der Waals surface area (Å²) in [5.74, 6) is 1.39. The Balaban J connectivity index is 2.02. The summed E-state index contributed by atoms with van der Waals surface area (Å²) >= 11 is 0. The first-order chi connectivity index (χ1) is 11.2. The van der Waals surface area contributed by atoms with E-state index >= 15 is 0 Å². The van der Waals surface area contributed by atoms with Gasteiger partial charge >= 0.3 is 6.09 Å². The quantitative estimate of drug-likeness (QED) is 0.753. The molecule has 0 radical (unpaired) electrons. The van der Waals surface area contributed by atoms with Gasteiger partial charge in [0, 0.05) is 12.1 Å². The van der Waals surface area contributed by atoms with Gasteiger partial charge in [0.05, 0.1) is 18.7 Å². The predicted molar refractivity (Wildman–Crippen MR) is 93.3 cm³/mol. The first kappa shape index (κ1) is 18.1. The maximum absolute atomic E-state index is 11.3. The molecule has 132 valence electrons. The highest BCUT2D eigenvalue weighted by atomic mass is 16.5. The third-order valence-electron chi connectivity index (χ3n) is 4.00. The van der Waals surface area contributed by atoms with Crippen LogP contribution in [0.1, 0.15) is 45.5 Å². The SMILES string of the molecule is COc1cccc2[nH]c(C(N)CCCN(C(=O)O)C(C)(C)C)nc12. The Bertz CT molecular complexity index is 705. The van der Waals surface area contributed by atoms with Gasteiger partial charge in [-0.2, -0.15) is 0 Å². The molecule has 0 saturated carbocycles. The van der Waals surface area contributed by atoms with Crippen LogP contribution < -0.4 is 10.5 Å². The van der Waals surface area contributed by atoms with Crippen LogP contribution >= 0.6 is 0 Å². The van der Waals surface area contributed by atoms with E-state index in [4.69, 9.17) is 10.5 Å². The molecule has 0 saturated heterocycles. The summed E-state index contributed by atoms with van der Waals surface area (Å²) < 4.78 is 5.30. The van der Waals surface area contributed by atoms with E-state index in [-0.39, 0.29) is 6.04 Å². The van der Waals surface area contributed by atoms with Gasteiger partial charge in [-0.3, -0.25) is 0 Å². The number of nitrogens with two attached hydrogens (primary N) is 1. The van der Waals surface area contributed by atoms with E-state index in [9.17, 15) is 9.90 Å². The minimum atomic E-state index is -0.912. The van der Waals surface area contributed by atoms with Gasteiger partial charge < -0.3 is 25.5 Å². The molecule has 1 amide bonds. The summed E-state index contributed by atoms with van der Waals surface area (Å²) in [6.45, 7) is 6.09. The highest BCUT2D eigenvalue weighted by Crippen LogP contribution is 2.25. The van der Waals surface area contributed by atoms with E-state index in [1.807, 2.05) is 39.0 Å². The molecule has 4 N–H and O–H groups in total. The molecule has 1 aromatic heterocycles. The Hall–Kier alpha value is -2.28. The third kappa shape index (κ3) is 3.97. The average Bonchev–Trinajstić information content (AvgIpc) is 2.93. The molecule has 0 aliphatic carbocycles. The number of benzene rings is 1. The first-order valence-corrected chi connectivity index (χ1v) is 8.03. The number of aromatic amines is 1. The lowest BCUT2D eigenvalue weighted by Crippen LogP contribution is -2.45. The van der Waals surface area contributed by atoms with Gasteiger partial charge in [0.15, 0.2) is 0 Å². The van der Waals surface area contributed by atoms with Crippen molar-refractivity contribution in [2.24, 2.45) is 5.73 Å². The van der Waals surface area contributed by atoms with Gasteiger partial charge in [0.25, 0.3) is 0 Å². The molecule has 0 fully saturated rings. The zero-order valence-electron chi connectivity index (χ0n) is 14.7. The molecule has 24 heavy (non-hydrogen) atoms. The molecule has 7 heteroatoms. The second-order valence-electron chi connectivity index (χ2n) is 6.83. The lowest BCUT2D eigenvalue weighted by atomic mass is 10.1. The lowest BCUT2D eigenvalue weighted by molar-refractivity contribution is 0.0987. The van der Waals surface area contributed by atoms with Crippen molar-refractivity contribution in [2.75, 3.05) is 13.7 Å². The van der Waals surface area contributed by atoms with Gasteiger partial charge in [0.1, 0.15) is 17.1 Å². The number of fused-ring (bicyclic) bond motifs is 1. The molecule has 0 aliphatic rings. The molecule has 1 atom stereocenters. The fraction of sp³-hybridized carbons (Fsp3) is 0.529. The number of para-hydroxylation sites is 1. The van der Waals surface area contributed by atoms with Gasteiger partial charge in [-0.1, -0.05) is 6.07 Å². The Kier molecular flexibility index (Phi) is 5.33. The molecule has 2 aromatic rings. The van der Waals surface area contributed by atoms with Crippen LogP contribution in [0.4, 0.5) is 4.79 Å². The number of nitrogens with one attached hydrogen (secondary N) is 1. The lowest BCUT2D eigenvalue weighted by Gasteiger charge is -2.33. The number of methoxy groups -OCH3 is 1. The smallest absolute Gasteiger partial charge is 0.407 e. The molecule has 2 rings (SSSR count). The minimum absolute atomic E-state index is 0.280. The molecule has 7 nitrogen and oxygen atoms in total. The fourth-order valence-electron chi connectivity index (χ4n) is 2.69. The second-order valence-corrected chi connectivity index (χ2v) is 6.83. The Morgan fingerprint density at radius 2 is 2.17 bits per heavy atom. The van der Waals surface area contributed by atoms with Crippen molar-refractivity contribution in [3.63, 3.8) is 0 Å². The molecule has 1 heterocycles. The van der Waals surface area contributed by atoms with Crippen LogP contribution in [-0.2, 0) is 0 Å². The largest absolute Gasteiger partial charge is 0.494 e. The molecule has 0 spiro atoms. The van der Waals surface area contributed by atoms with Crippen LogP contribution in [0.15, 0.2) is 18.2 Å². The summed E-state index contributed by atoms with van der Waals surface area (Å²) in [6.07, 6.45) is 0.394. The first-order valence-electron chi connectivity index (χ1n) is 8.03. The maximum atomic E-state index is 11.3. The van der Waals surface area contributed by atoms with Crippen LogP contribution in [0.5, 0.6) is 5.75 Å². The highest BCUT2D eigenvalue weighted by molar-refractivity contribution is 5.81. The monoisotopic (exact) mass is 334 g/mol. The fourth-order valence-corrected chi connectivity index (χ4v) is 2.69. The van der Waals surface area contributed by atoms with E-state index in [1.54, 1.807) is 7.11 Å². The predicted octanol–water partition coefficient (Wildman–Crippen LogP) is 3.13. The van der Waals surface area contributed by atoms with Crippen molar-refractivity contribution in [3.05, 3.63) is 24.0 Å². The Morgan fingerprint density at radius 1 is 1.46 bits per heavy atom. The number of nitrogens with zero attached hydrogens (tertiary/aromatic N) is 2. The maximum Gasteiger partial charge on any atom is 0.407 e. The number of carbonyl (C=O) groups is 1. The Morgan fingerprint density at radius 3 is 2.75 bits per heavy atom. The molecule has 1 aromatic carbocycles. The number of rotatable bonds is 6. The van der Waals surface area contributed by atoms with Crippen molar-refractivity contribution < 1.29 is 14.6 Å². The van der Waals surface area contributed by atoms with Crippen molar-refractivity contribution in [2.45, 2.75) is 45.2 Å². The third-order valence-corrected chi connectivity index (χ3v) is 4.00. The van der Waals surface area contributed by atoms with E-state index in [0.717, 1.165) is 11.0 Å². The van der Waals surface area contributed by atoms with Gasteiger partial charge in [-0.15, -0.1) is 0 Å². The topological polar surface area (TPSA) is 104 Å². The zero-order valence-corrected chi connectivity index (χ0v) is 14.7. The summed E-state index contributed by atoms with van der Waals surface area (Å²) in [6, 6.07) is 5.39. The highest BCUT2D eigenvalue weighted by Gasteiger charge is 2.25. The normalized spacial score (nSPS) is 13.0. The van der Waals surface area contributed by atoms with E-state index in [0.29, 0.717) is 31.0 Å².